The predicted octanol–water partition coefficient (Wildman–Crippen LogP) is 3.42. The molecule has 1 saturated carbocycles. The largest absolute Gasteiger partial charge is 0.464 e. The highest BCUT2D eigenvalue weighted by Gasteiger charge is 2.31. The molecule has 0 bridgehead atoms. The average Bonchev–Trinajstić information content (AvgIpc) is 2.83. The molecule has 1 aromatic heterocycles. The van der Waals surface area contributed by atoms with Gasteiger partial charge in [-0.25, -0.2) is 5.43 Å². The zero-order valence-electron chi connectivity index (χ0n) is 11.8. The maximum Gasteiger partial charge on any atom is 0.122 e. The standard InChI is InChI=1S/C15H26N2O/c1-4-13-7-8-14(18-13)15(17-16)12-6-5-10(2)11(3)9-12/h7-8,10-12,15,17H,4-6,9,16H2,1-3H3. The van der Waals surface area contributed by atoms with E-state index in [0.717, 1.165) is 29.8 Å². The quantitative estimate of drug-likeness (QED) is 0.636. The first-order valence-electron chi connectivity index (χ1n) is 7.20. The Labute approximate surface area is 110 Å². The lowest BCUT2D eigenvalue weighted by Gasteiger charge is -2.35. The second-order valence-electron chi connectivity index (χ2n) is 5.83. The molecule has 0 amide bonds. The fourth-order valence-corrected chi connectivity index (χ4v) is 3.09. The monoisotopic (exact) mass is 250 g/mol. The molecule has 1 aromatic rings. The normalized spacial score (nSPS) is 30.3. The Balaban J connectivity index is 2.08. The highest BCUT2D eigenvalue weighted by atomic mass is 16.3. The molecule has 4 atom stereocenters. The smallest absolute Gasteiger partial charge is 0.122 e. The van der Waals surface area contributed by atoms with Gasteiger partial charge in [-0.1, -0.05) is 27.2 Å². The molecule has 2 rings (SSSR count). The van der Waals surface area contributed by atoms with Gasteiger partial charge in [-0.3, -0.25) is 5.84 Å². The van der Waals surface area contributed by atoms with Crippen molar-refractivity contribution in [1.82, 2.24) is 5.43 Å². The molecule has 0 spiro atoms. The predicted molar refractivity (Wildman–Crippen MR) is 73.8 cm³/mol. The topological polar surface area (TPSA) is 51.2 Å². The molecule has 3 N–H and O–H groups in total. The second-order valence-corrected chi connectivity index (χ2v) is 5.83. The van der Waals surface area contributed by atoms with Crippen molar-refractivity contribution in [1.29, 1.82) is 0 Å². The van der Waals surface area contributed by atoms with Crippen molar-refractivity contribution < 1.29 is 4.42 Å². The molecular formula is C15H26N2O. The second kappa shape index (κ2) is 5.89. The Kier molecular flexibility index (Phi) is 4.46. The molecule has 0 radical (unpaired) electrons. The zero-order chi connectivity index (χ0) is 13.1. The van der Waals surface area contributed by atoms with E-state index in [1.165, 1.54) is 19.3 Å². The molecular weight excluding hydrogens is 224 g/mol. The first-order chi connectivity index (χ1) is 8.65. The van der Waals surface area contributed by atoms with E-state index in [2.05, 4.69) is 38.3 Å². The van der Waals surface area contributed by atoms with Crippen LogP contribution in [0.1, 0.15) is 57.6 Å². The van der Waals surface area contributed by atoms with Crippen LogP contribution < -0.4 is 11.3 Å². The molecule has 102 valence electrons. The number of nitrogens with one attached hydrogen (secondary N) is 1. The van der Waals surface area contributed by atoms with Gasteiger partial charge in [0.2, 0.25) is 0 Å². The summed E-state index contributed by atoms with van der Waals surface area (Å²) in [7, 11) is 0. The van der Waals surface area contributed by atoms with Gasteiger partial charge in [0, 0.05) is 6.42 Å². The Morgan fingerprint density at radius 2 is 2.11 bits per heavy atom. The first-order valence-corrected chi connectivity index (χ1v) is 7.20. The summed E-state index contributed by atoms with van der Waals surface area (Å²) in [6, 6.07) is 4.31. The third-order valence-corrected chi connectivity index (χ3v) is 4.63. The minimum Gasteiger partial charge on any atom is -0.464 e. The Hall–Kier alpha value is -0.800. The van der Waals surface area contributed by atoms with E-state index in [1.807, 2.05) is 0 Å². The van der Waals surface area contributed by atoms with E-state index < -0.39 is 0 Å². The maximum absolute atomic E-state index is 5.86. The Morgan fingerprint density at radius 1 is 1.33 bits per heavy atom. The van der Waals surface area contributed by atoms with Gasteiger partial charge in [-0.05, 0) is 42.7 Å². The molecule has 0 aliphatic heterocycles. The summed E-state index contributed by atoms with van der Waals surface area (Å²) in [5.74, 6) is 10.0. The van der Waals surface area contributed by atoms with E-state index >= 15 is 0 Å². The minimum atomic E-state index is 0.167. The number of aryl methyl sites for hydroxylation is 1. The lowest BCUT2D eigenvalue weighted by atomic mass is 9.73. The molecule has 4 unspecified atom stereocenters. The number of rotatable bonds is 4. The lowest BCUT2D eigenvalue weighted by molar-refractivity contribution is 0.160. The first kappa shape index (κ1) is 13.6. The maximum atomic E-state index is 5.86. The molecule has 0 saturated heterocycles. The SMILES string of the molecule is CCc1ccc(C(NN)C2CCC(C)C(C)C2)o1. The number of hydrogen-bond donors (Lipinski definition) is 2. The van der Waals surface area contributed by atoms with Gasteiger partial charge in [0.15, 0.2) is 0 Å². The van der Waals surface area contributed by atoms with Crippen LogP contribution in [-0.2, 0) is 6.42 Å². The van der Waals surface area contributed by atoms with Crippen molar-refractivity contribution >= 4 is 0 Å². The summed E-state index contributed by atoms with van der Waals surface area (Å²) in [6.07, 6.45) is 4.71. The number of hydrogen-bond acceptors (Lipinski definition) is 3. The summed E-state index contributed by atoms with van der Waals surface area (Å²) in [5, 5.41) is 0. The third-order valence-electron chi connectivity index (χ3n) is 4.63. The number of hydrazine groups is 1. The molecule has 1 fully saturated rings. The van der Waals surface area contributed by atoms with Gasteiger partial charge in [0.1, 0.15) is 11.5 Å². The van der Waals surface area contributed by atoms with Gasteiger partial charge < -0.3 is 4.42 Å². The van der Waals surface area contributed by atoms with Crippen LogP contribution in [0.4, 0.5) is 0 Å². The molecule has 18 heavy (non-hydrogen) atoms. The summed E-state index contributed by atoms with van der Waals surface area (Å²) in [4.78, 5) is 0. The Bertz CT molecular complexity index is 374. The van der Waals surface area contributed by atoms with Gasteiger partial charge in [0.05, 0.1) is 6.04 Å². The van der Waals surface area contributed by atoms with E-state index in [0.29, 0.717) is 5.92 Å². The minimum absolute atomic E-state index is 0.167. The van der Waals surface area contributed by atoms with Crippen LogP contribution in [0.25, 0.3) is 0 Å². The van der Waals surface area contributed by atoms with Crippen molar-refractivity contribution in [2.75, 3.05) is 0 Å². The summed E-state index contributed by atoms with van der Waals surface area (Å²) >= 11 is 0. The van der Waals surface area contributed by atoms with Crippen LogP contribution in [0.3, 0.4) is 0 Å². The van der Waals surface area contributed by atoms with Crippen molar-refractivity contribution in [3.05, 3.63) is 23.7 Å². The van der Waals surface area contributed by atoms with Gasteiger partial charge in [-0.2, -0.15) is 0 Å². The van der Waals surface area contributed by atoms with E-state index in [4.69, 9.17) is 10.3 Å². The molecule has 1 heterocycles. The third kappa shape index (κ3) is 2.78. The Morgan fingerprint density at radius 3 is 2.67 bits per heavy atom. The van der Waals surface area contributed by atoms with Crippen LogP contribution in [0.15, 0.2) is 16.5 Å². The molecule has 1 aliphatic carbocycles. The zero-order valence-corrected chi connectivity index (χ0v) is 11.8. The van der Waals surface area contributed by atoms with Gasteiger partial charge >= 0.3 is 0 Å². The van der Waals surface area contributed by atoms with E-state index in [1.54, 1.807) is 0 Å². The van der Waals surface area contributed by atoms with Crippen LogP contribution >= 0.6 is 0 Å². The highest BCUT2D eigenvalue weighted by molar-refractivity contribution is 5.12. The molecule has 3 heteroatoms. The van der Waals surface area contributed by atoms with Crippen LogP contribution in [0.2, 0.25) is 0 Å². The number of nitrogens with two attached hydrogens (primary N) is 1. The molecule has 0 aromatic carbocycles. The van der Waals surface area contributed by atoms with Crippen molar-refractivity contribution in [2.45, 2.75) is 52.5 Å². The van der Waals surface area contributed by atoms with Crippen LogP contribution in [-0.4, -0.2) is 0 Å². The number of furan rings is 1. The lowest BCUT2D eigenvalue weighted by Crippen LogP contribution is -2.36. The van der Waals surface area contributed by atoms with Crippen LogP contribution in [0, 0.1) is 17.8 Å². The van der Waals surface area contributed by atoms with Crippen molar-refractivity contribution in [3.63, 3.8) is 0 Å². The van der Waals surface area contributed by atoms with E-state index in [9.17, 15) is 0 Å². The summed E-state index contributed by atoms with van der Waals surface area (Å²) < 4.78 is 5.86. The molecule has 3 nitrogen and oxygen atoms in total. The van der Waals surface area contributed by atoms with Crippen LogP contribution in [0.5, 0.6) is 0 Å². The fourth-order valence-electron chi connectivity index (χ4n) is 3.09. The summed E-state index contributed by atoms with van der Waals surface area (Å²) in [6.45, 7) is 6.82. The van der Waals surface area contributed by atoms with Crippen molar-refractivity contribution in [3.8, 4) is 0 Å². The molecule has 1 aliphatic rings. The average molecular weight is 250 g/mol. The van der Waals surface area contributed by atoms with E-state index in [-0.39, 0.29) is 6.04 Å². The summed E-state index contributed by atoms with van der Waals surface area (Å²) in [5.41, 5.74) is 2.97. The van der Waals surface area contributed by atoms with Gasteiger partial charge in [-0.15, -0.1) is 0 Å². The highest BCUT2D eigenvalue weighted by Crippen LogP contribution is 2.39. The van der Waals surface area contributed by atoms with Gasteiger partial charge in [0.25, 0.3) is 0 Å². The van der Waals surface area contributed by atoms with Crippen molar-refractivity contribution in [2.24, 2.45) is 23.6 Å². The fraction of sp³-hybridized carbons (Fsp3) is 0.733.